The van der Waals surface area contributed by atoms with Gasteiger partial charge in [0.05, 0.1) is 10.3 Å². The van der Waals surface area contributed by atoms with Crippen molar-refractivity contribution in [2.45, 2.75) is 61.8 Å². The van der Waals surface area contributed by atoms with Gasteiger partial charge in [-0.25, -0.2) is 8.42 Å². The highest BCUT2D eigenvalue weighted by Crippen LogP contribution is 2.48. The number of benzene rings is 1. The van der Waals surface area contributed by atoms with E-state index in [1.807, 2.05) is 6.92 Å². The molecule has 3 rings (SSSR count). The summed E-state index contributed by atoms with van der Waals surface area (Å²) in [4.78, 5) is 11.6. The topological polar surface area (TPSA) is 74.7 Å². The number of sulfonamides is 1. The molecule has 2 saturated carbocycles. The molecule has 0 unspecified atom stereocenters. The molecule has 5 nitrogen and oxygen atoms in total. The smallest absolute Gasteiger partial charge is 0.314 e. The average molecular weight is 337 g/mol. The van der Waals surface area contributed by atoms with Gasteiger partial charge in [0, 0.05) is 12.6 Å². The molecule has 0 aliphatic heterocycles. The third-order valence-corrected chi connectivity index (χ3v) is 7.26. The van der Waals surface area contributed by atoms with Gasteiger partial charge in [0.25, 0.3) is 0 Å². The highest BCUT2D eigenvalue weighted by molar-refractivity contribution is 7.89. The summed E-state index contributed by atoms with van der Waals surface area (Å²) in [5.41, 5.74) is -0.0917. The van der Waals surface area contributed by atoms with Crippen molar-refractivity contribution < 1.29 is 18.3 Å². The van der Waals surface area contributed by atoms with Crippen molar-refractivity contribution in [3.63, 3.8) is 0 Å². The first-order valence-corrected chi connectivity index (χ1v) is 9.71. The average Bonchev–Trinajstić information content (AvgIpc) is 3.19. The van der Waals surface area contributed by atoms with Crippen molar-refractivity contribution in [3.05, 3.63) is 29.8 Å². The molecule has 2 fully saturated rings. The maximum atomic E-state index is 12.9. The predicted octanol–water partition coefficient (Wildman–Crippen LogP) is 2.76. The van der Waals surface area contributed by atoms with Gasteiger partial charge < -0.3 is 5.11 Å². The molecule has 0 saturated heterocycles. The monoisotopic (exact) mass is 337 g/mol. The van der Waals surface area contributed by atoms with Crippen LogP contribution in [0.4, 0.5) is 0 Å². The van der Waals surface area contributed by atoms with E-state index in [0.29, 0.717) is 24.9 Å². The normalized spacial score (nSPS) is 20.8. The van der Waals surface area contributed by atoms with E-state index < -0.39 is 21.4 Å². The molecule has 1 N–H and O–H groups in total. The van der Waals surface area contributed by atoms with Crippen LogP contribution in [0.2, 0.25) is 0 Å². The molecule has 0 amide bonds. The zero-order chi connectivity index (χ0) is 16.7. The molecule has 23 heavy (non-hydrogen) atoms. The van der Waals surface area contributed by atoms with Crippen LogP contribution in [0, 0.1) is 0 Å². The predicted molar refractivity (Wildman–Crippen MR) is 86.8 cm³/mol. The summed E-state index contributed by atoms with van der Waals surface area (Å²) >= 11 is 0. The fraction of sp³-hybridized carbons (Fsp3) is 0.588. The Morgan fingerprint density at radius 1 is 1.22 bits per heavy atom. The number of nitrogens with zero attached hydrogens (tertiary/aromatic N) is 1. The number of rotatable bonds is 6. The largest absolute Gasteiger partial charge is 0.481 e. The van der Waals surface area contributed by atoms with Crippen LogP contribution in [0.3, 0.4) is 0 Å². The van der Waals surface area contributed by atoms with Crippen LogP contribution < -0.4 is 0 Å². The summed E-state index contributed by atoms with van der Waals surface area (Å²) in [5.74, 6) is -0.825. The van der Waals surface area contributed by atoms with Crippen molar-refractivity contribution in [1.29, 1.82) is 0 Å². The number of carbonyl (C=O) groups is 1. The maximum Gasteiger partial charge on any atom is 0.314 e. The molecular formula is C17H23NO4S. The molecule has 2 aliphatic rings. The van der Waals surface area contributed by atoms with Gasteiger partial charge in [0.1, 0.15) is 0 Å². The van der Waals surface area contributed by atoms with Gasteiger partial charge in [-0.3, -0.25) is 4.79 Å². The SMILES string of the molecule is CCN(C1CCCC1)S(=O)(=O)c1ccc(C2(C(=O)O)CC2)cc1. The van der Waals surface area contributed by atoms with E-state index in [1.165, 1.54) is 0 Å². The number of aliphatic carboxylic acids is 1. The van der Waals surface area contributed by atoms with Crippen molar-refractivity contribution >= 4 is 16.0 Å². The Morgan fingerprint density at radius 2 is 1.78 bits per heavy atom. The van der Waals surface area contributed by atoms with E-state index in [2.05, 4.69) is 0 Å². The lowest BCUT2D eigenvalue weighted by Crippen LogP contribution is -2.38. The molecule has 0 bridgehead atoms. The van der Waals surface area contributed by atoms with E-state index in [0.717, 1.165) is 25.7 Å². The lowest BCUT2D eigenvalue weighted by atomic mass is 9.96. The Balaban J connectivity index is 1.87. The van der Waals surface area contributed by atoms with Gasteiger partial charge in [0.2, 0.25) is 10.0 Å². The first kappa shape index (κ1) is 16.5. The second kappa shape index (κ2) is 5.91. The molecule has 1 aromatic carbocycles. The molecule has 126 valence electrons. The Morgan fingerprint density at radius 3 is 2.22 bits per heavy atom. The highest BCUT2D eigenvalue weighted by atomic mass is 32.2. The number of hydrogen-bond donors (Lipinski definition) is 1. The number of carboxylic acid groups (broad SMARTS) is 1. The quantitative estimate of drug-likeness (QED) is 0.866. The van der Waals surface area contributed by atoms with Gasteiger partial charge in [-0.1, -0.05) is 31.9 Å². The fourth-order valence-corrected chi connectivity index (χ4v) is 5.34. The van der Waals surface area contributed by atoms with E-state index >= 15 is 0 Å². The van der Waals surface area contributed by atoms with E-state index in [-0.39, 0.29) is 10.9 Å². The standard InChI is InChI=1S/C17H23NO4S/c1-2-18(14-5-3-4-6-14)23(21,22)15-9-7-13(8-10-15)17(11-12-17)16(19)20/h7-10,14H,2-6,11-12H2,1H3,(H,19,20). The van der Waals surface area contributed by atoms with Gasteiger partial charge in [-0.15, -0.1) is 0 Å². The molecule has 0 spiro atoms. The Labute approximate surface area is 137 Å². The van der Waals surface area contributed by atoms with E-state index in [1.54, 1.807) is 28.6 Å². The molecule has 0 radical (unpaired) electrons. The number of hydrogen-bond acceptors (Lipinski definition) is 3. The zero-order valence-electron chi connectivity index (χ0n) is 13.4. The first-order chi connectivity index (χ1) is 10.9. The lowest BCUT2D eigenvalue weighted by Gasteiger charge is -2.27. The maximum absolute atomic E-state index is 12.9. The highest BCUT2D eigenvalue weighted by Gasteiger charge is 2.51. The van der Waals surface area contributed by atoms with Crippen LogP contribution in [0.25, 0.3) is 0 Å². The summed E-state index contributed by atoms with van der Waals surface area (Å²) < 4.78 is 27.3. The van der Waals surface area contributed by atoms with Crippen LogP contribution in [0.15, 0.2) is 29.2 Å². The second-order valence-corrected chi connectivity index (χ2v) is 8.45. The van der Waals surface area contributed by atoms with Crippen molar-refractivity contribution in [2.24, 2.45) is 0 Å². The van der Waals surface area contributed by atoms with E-state index in [9.17, 15) is 18.3 Å². The minimum atomic E-state index is -3.51. The molecule has 0 atom stereocenters. The molecular weight excluding hydrogens is 314 g/mol. The summed E-state index contributed by atoms with van der Waals surface area (Å²) in [6.45, 7) is 2.33. The molecule has 2 aliphatic carbocycles. The third kappa shape index (κ3) is 2.78. The van der Waals surface area contributed by atoms with Crippen molar-refractivity contribution in [3.8, 4) is 0 Å². The second-order valence-electron chi connectivity index (χ2n) is 6.56. The van der Waals surface area contributed by atoms with Crippen LogP contribution in [-0.2, 0) is 20.2 Å². The third-order valence-electron chi connectivity index (χ3n) is 5.22. The fourth-order valence-electron chi connectivity index (χ4n) is 3.65. The summed E-state index contributed by atoms with van der Waals surface area (Å²) in [5, 5.41) is 9.33. The minimum Gasteiger partial charge on any atom is -0.481 e. The minimum absolute atomic E-state index is 0.0958. The van der Waals surface area contributed by atoms with Crippen LogP contribution >= 0.6 is 0 Å². The Hall–Kier alpha value is -1.40. The van der Waals surface area contributed by atoms with Gasteiger partial charge in [-0.05, 0) is 43.4 Å². The Kier molecular flexibility index (Phi) is 4.23. The van der Waals surface area contributed by atoms with Gasteiger partial charge in [-0.2, -0.15) is 4.31 Å². The van der Waals surface area contributed by atoms with Gasteiger partial charge >= 0.3 is 5.97 Å². The first-order valence-electron chi connectivity index (χ1n) is 8.27. The van der Waals surface area contributed by atoms with E-state index in [4.69, 9.17) is 0 Å². The van der Waals surface area contributed by atoms with Gasteiger partial charge in [0.15, 0.2) is 0 Å². The molecule has 1 aromatic rings. The molecule has 6 heteroatoms. The van der Waals surface area contributed by atoms with Crippen LogP contribution in [0.1, 0.15) is 51.0 Å². The summed E-state index contributed by atoms with van der Waals surface area (Å²) in [7, 11) is -3.51. The molecule has 0 heterocycles. The zero-order valence-corrected chi connectivity index (χ0v) is 14.2. The van der Waals surface area contributed by atoms with Crippen LogP contribution in [-0.4, -0.2) is 36.4 Å². The summed E-state index contributed by atoms with van der Waals surface area (Å²) in [6.07, 6.45) is 5.25. The number of carboxylic acids is 1. The summed E-state index contributed by atoms with van der Waals surface area (Å²) in [6, 6.07) is 6.54. The molecule has 0 aromatic heterocycles. The lowest BCUT2D eigenvalue weighted by molar-refractivity contribution is -0.140. The van der Waals surface area contributed by atoms with Crippen molar-refractivity contribution in [1.82, 2.24) is 4.31 Å². The van der Waals surface area contributed by atoms with Crippen LogP contribution in [0.5, 0.6) is 0 Å². The van der Waals surface area contributed by atoms with Crippen molar-refractivity contribution in [2.75, 3.05) is 6.54 Å². The Bertz CT molecular complexity index is 686.